The standard InChI is InChI=1S/C15H26N2O4/c1-15(2,3)21-14(19)16-12-10-20-9-6-13(12)17-7-4-11(18)5-8-17/h12-13H,4-10H2,1-3H3,(H,16,19)/t12-,13?/m1/s1. The van der Waals surface area contributed by atoms with Crippen LogP contribution in [0, 0.1) is 0 Å². The normalized spacial score (nSPS) is 28.2. The van der Waals surface area contributed by atoms with E-state index in [0.717, 1.165) is 19.5 Å². The Bertz CT molecular complexity index is 382. The summed E-state index contributed by atoms with van der Waals surface area (Å²) in [5.74, 6) is 0.329. The van der Waals surface area contributed by atoms with Gasteiger partial charge in [0.05, 0.1) is 12.6 Å². The number of alkyl carbamates (subject to hydrolysis) is 1. The Morgan fingerprint density at radius 3 is 2.62 bits per heavy atom. The van der Waals surface area contributed by atoms with Gasteiger partial charge in [0.2, 0.25) is 0 Å². The van der Waals surface area contributed by atoms with Crippen molar-refractivity contribution in [1.29, 1.82) is 0 Å². The maximum absolute atomic E-state index is 11.9. The largest absolute Gasteiger partial charge is 0.444 e. The minimum absolute atomic E-state index is 0.0817. The van der Waals surface area contributed by atoms with Crippen LogP contribution in [0.5, 0.6) is 0 Å². The number of carbonyl (C=O) groups is 2. The van der Waals surface area contributed by atoms with Gasteiger partial charge in [-0.2, -0.15) is 0 Å². The highest BCUT2D eigenvalue weighted by molar-refractivity contribution is 5.79. The number of hydrogen-bond donors (Lipinski definition) is 1. The molecule has 0 aromatic rings. The van der Waals surface area contributed by atoms with Crippen LogP contribution in [-0.2, 0) is 14.3 Å². The Morgan fingerprint density at radius 2 is 2.00 bits per heavy atom. The second-order valence-corrected chi connectivity index (χ2v) is 6.76. The number of hydrogen-bond acceptors (Lipinski definition) is 5. The molecule has 1 amide bonds. The second-order valence-electron chi connectivity index (χ2n) is 6.76. The lowest BCUT2D eigenvalue weighted by atomic mass is 9.98. The van der Waals surface area contributed by atoms with Gasteiger partial charge in [0.15, 0.2) is 0 Å². The highest BCUT2D eigenvalue weighted by Crippen LogP contribution is 2.19. The van der Waals surface area contributed by atoms with Gasteiger partial charge < -0.3 is 14.8 Å². The summed E-state index contributed by atoms with van der Waals surface area (Å²) in [4.78, 5) is 25.6. The zero-order valence-electron chi connectivity index (χ0n) is 13.2. The van der Waals surface area contributed by atoms with Crippen molar-refractivity contribution in [2.24, 2.45) is 0 Å². The van der Waals surface area contributed by atoms with Crippen molar-refractivity contribution in [2.75, 3.05) is 26.3 Å². The van der Waals surface area contributed by atoms with Gasteiger partial charge in [-0.05, 0) is 27.2 Å². The minimum atomic E-state index is -0.507. The summed E-state index contributed by atoms with van der Waals surface area (Å²) in [5, 5.41) is 2.92. The quantitative estimate of drug-likeness (QED) is 0.833. The molecule has 2 rings (SSSR count). The van der Waals surface area contributed by atoms with Crippen LogP contribution in [0.1, 0.15) is 40.0 Å². The summed E-state index contributed by atoms with van der Waals surface area (Å²) >= 11 is 0. The van der Waals surface area contributed by atoms with Crippen molar-refractivity contribution >= 4 is 11.9 Å². The fraction of sp³-hybridized carbons (Fsp3) is 0.867. The molecule has 0 aromatic carbocycles. The zero-order chi connectivity index (χ0) is 15.5. The average Bonchev–Trinajstić information content (AvgIpc) is 2.38. The molecule has 0 radical (unpaired) electrons. The Kier molecular flexibility index (Phi) is 5.22. The molecular formula is C15H26N2O4. The maximum atomic E-state index is 11.9. The molecule has 120 valence electrons. The van der Waals surface area contributed by atoms with Crippen LogP contribution in [-0.4, -0.2) is 60.8 Å². The van der Waals surface area contributed by atoms with Gasteiger partial charge in [-0.25, -0.2) is 4.79 Å². The molecule has 0 bridgehead atoms. The van der Waals surface area contributed by atoms with Gasteiger partial charge in [-0.1, -0.05) is 0 Å². The molecule has 0 saturated carbocycles. The summed E-state index contributed by atoms with van der Waals surface area (Å²) in [6, 6.07) is 0.140. The zero-order valence-corrected chi connectivity index (χ0v) is 13.2. The molecule has 2 aliphatic heterocycles. The van der Waals surface area contributed by atoms with Crippen molar-refractivity contribution in [3.63, 3.8) is 0 Å². The van der Waals surface area contributed by atoms with Crippen LogP contribution in [0.2, 0.25) is 0 Å². The van der Waals surface area contributed by atoms with Crippen molar-refractivity contribution < 1.29 is 19.1 Å². The predicted molar refractivity (Wildman–Crippen MR) is 78.2 cm³/mol. The summed E-state index contributed by atoms with van der Waals surface area (Å²) in [7, 11) is 0. The van der Waals surface area contributed by atoms with E-state index < -0.39 is 11.7 Å². The minimum Gasteiger partial charge on any atom is -0.444 e. The fourth-order valence-corrected chi connectivity index (χ4v) is 2.87. The van der Waals surface area contributed by atoms with Crippen LogP contribution in [0.4, 0.5) is 4.79 Å². The van der Waals surface area contributed by atoms with Gasteiger partial charge in [-0.3, -0.25) is 9.69 Å². The predicted octanol–water partition coefficient (Wildman–Crippen LogP) is 1.33. The molecule has 2 atom stereocenters. The summed E-state index contributed by atoms with van der Waals surface area (Å²) < 4.78 is 10.8. The van der Waals surface area contributed by atoms with Gasteiger partial charge in [0, 0.05) is 38.6 Å². The number of Topliss-reactive ketones (excluding diaryl/α,β-unsaturated/α-hetero) is 1. The highest BCUT2D eigenvalue weighted by Gasteiger charge is 2.34. The number of rotatable bonds is 2. The maximum Gasteiger partial charge on any atom is 0.408 e. The number of carbonyl (C=O) groups excluding carboxylic acids is 2. The molecule has 1 unspecified atom stereocenters. The third-order valence-electron chi connectivity index (χ3n) is 3.85. The first-order valence-electron chi connectivity index (χ1n) is 7.68. The van der Waals surface area contributed by atoms with Gasteiger partial charge >= 0.3 is 6.09 Å². The number of ketones is 1. The van der Waals surface area contributed by atoms with Crippen LogP contribution < -0.4 is 5.32 Å². The van der Waals surface area contributed by atoms with E-state index in [1.54, 1.807) is 0 Å². The highest BCUT2D eigenvalue weighted by atomic mass is 16.6. The summed E-state index contributed by atoms with van der Waals surface area (Å²) in [5.41, 5.74) is -0.507. The fourth-order valence-electron chi connectivity index (χ4n) is 2.87. The Hall–Kier alpha value is -1.14. The lowest BCUT2D eigenvalue weighted by Crippen LogP contribution is -2.58. The number of likely N-dealkylation sites (tertiary alicyclic amines) is 1. The first-order chi connectivity index (χ1) is 9.85. The summed E-state index contributed by atoms with van der Waals surface area (Å²) in [6.45, 7) is 8.27. The molecule has 0 aromatic heterocycles. The van der Waals surface area contributed by atoms with Gasteiger partial charge in [-0.15, -0.1) is 0 Å². The molecule has 2 fully saturated rings. The Morgan fingerprint density at radius 1 is 1.33 bits per heavy atom. The molecule has 2 heterocycles. The van der Waals surface area contributed by atoms with E-state index in [-0.39, 0.29) is 12.1 Å². The number of nitrogens with one attached hydrogen (secondary N) is 1. The number of piperidine rings is 1. The van der Waals surface area contributed by atoms with Crippen LogP contribution in [0.15, 0.2) is 0 Å². The molecule has 1 N–H and O–H groups in total. The SMILES string of the molecule is CC(C)(C)OC(=O)N[C@@H]1COCCC1N1CCC(=O)CC1. The molecule has 0 spiro atoms. The van der Waals surface area contributed by atoms with Crippen LogP contribution in [0.3, 0.4) is 0 Å². The third kappa shape index (κ3) is 4.97. The van der Waals surface area contributed by atoms with Gasteiger partial charge in [0.25, 0.3) is 0 Å². The van der Waals surface area contributed by atoms with E-state index in [1.807, 2.05) is 20.8 Å². The van der Waals surface area contributed by atoms with E-state index in [9.17, 15) is 9.59 Å². The molecular weight excluding hydrogens is 272 g/mol. The van der Waals surface area contributed by atoms with Crippen LogP contribution >= 0.6 is 0 Å². The van der Waals surface area contributed by atoms with E-state index in [0.29, 0.717) is 31.8 Å². The monoisotopic (exact) mass is 298 g/mol. The molecule has 21 heavy (non-hydrogen) atoms. The van der Waals surface area contributed by atoms with Crippen molar-refractivity contribution in [3.8, 4) is 0 Å². The topological polar surface area (TPSA) is 67.9 Å². The Balaban J connectivity index is 1.92. The molecule has 2 aliphatic rings. The van der Waals surface area contributed by atoms with Crippen molar-refractivity contribution in [3.05, 3.63) is 0 Å². The van der Waals surface area contributed by atoms with E-state index >= 15 is 0 Å². The van der Waals surface area contributed by atoms with E-state index in [1.165, 1.54) is 0 Å². The molecule has 2 saturated heterocycles. The Labute approximate surface area is 126 Å². The van der Waals surface area contributed by atoms with Crippen molar-refractivity contribution in [2.45, 2.75) is 57.7 Å². The third-order valence-corrected chi connectivity index (χ3v) is 3.85. The van der Waals surface area contributed by atoms with Gasteiger partial charge in [0.1, 0.15) is 11.4 Å². The first-order valence-corrected chi connectivity index (χ1v) is 7.68. The average molecular weight is 298 g/mol. The second kappa shape index (κ2) is 6.75. The van der Waals surface area contributed by atoms with E-state index in [4.69, 9.17) is 9.47 Å². The number of nitrogens with zero attached hydrogens (tertiary/aromatic N) is 1. The van der Waals surface area contributed by atoms with Crippen LogP contribution in [0.25, 0.3) is 0 Å². The van der Waals surface area contributed by atoms with E-state index in [2.05, 4.69) is 10.2 Å². The molecule has 0 aliphatic carbocycles. The lowest BCUT2D eigenvalue weighted by Gasteiger charge is -2.41. The molecule has 6 nitrogen and oxygen atoms in total. The first kappa shape index (κ1) is 16.2. The number of amides is 1. The molecule has 6 heteroatoms. The summed E-state index contributed by atoms with van der Waals surface area (Å²) in [6.07, 6.45) is 1.68. The van der Waals surface area contributed by atoms with Crippen molar-refractivity contribution in [1.82, 2.24) is 10.2 Å². The number of ether oxygens (including phenoxy) is 2. The smallest absolute Gasteiger partial charge is 0.408 e. The lowest BCUT2D eigenvalue weighted by molar-refractivity contribution is -0.122.